The van der Waals surface area contributed by atoms with Crippen molar-refractivity contribution in [2.24, 2.45) is 0 Å². The molecule has 2 aromatic heterocycles. The van der Waals surface area contributed by atoms with Crippen molar-refractivity contribution in [2.45, 2.75) is 39.3 Å². The van der Waals surface area contributed by atoms with Gasteiger partial charge in [-0.25, -0.2) is 4.79 Å². The van der Waals surface area contributed by atoms with E-state index in [-0.39, 0.29) is 11.7 Å². The van der Waals surface area contributed by atoms with Crippen molar-refractivity contribution in [3.05, 3.63) is 81.4 Å². The first-order valence-electron chi connectivity index (χ1n) is 11.7. The van der Waals surface area contributed by atoms with E-state index in [9.17, 15) is 9.59 Å². The van der Waals surface area contributed by atoms with Crippen LogP contribution in [0.15, 0.2) is 63.9 Å². The van der Waals surface area contributed by atoms with Crippen LogP contribution in [0.3, 0.4) is 0 Å². The second-order valence-corrected chi connectivity index (χ2v) is 10.2. The van der Waals surface area contributed by atoms with Gasteiger partial charge < -0.3 is 18.8 Å². The van der Waals surface area contributed by atoms with Gasteiger partial charge in [0.25, 0.3) is 5.56 Å². The van der Waals surface area contributed by atoms with Gasteiger partial charge in [0.05, 0.1) is 24.4 Å². The van der Waals surface area contributed by atoms with Crippen LogP contribution in [0.4, 0.5) is 4.79 Å². The molecule has 0 saturated carbocycles. The number of nitrogens with zero attached hydrogens (tertiary/aromatic N) is 2. The van der Waals surface area contributed by atoms with E-state index >= 15 is 0 Å². The summed E-state index contributed by atoms with van der Waals surface area (Å²) in [6.45, 7) is 6.52. The van der Waals surface area contributed by atoms with Crippen molar-refractivity contribution in [3.63, 3.8) is 0 Å². The highest BCUT2D eigenvalue weighted by Gasteiger charge is 2.29. The zero-order valence-electron chi connectivity index (χ0n) is 20.6. The number of fused-ring (bicyclic) bond motifs is 3. The molecule has 3 heterocycles. The summed E-state index contributed by atoms with van der Waals surface area (Å²) in [6.07, 6.45) is 2.00. The molecule has 0 radical (unpaired) electrons. The molecule has 0 atom stereocenters. The van der Waals surface area contributed by atoms with Crippen LogP contribution < -0.4 is 10.3 Å². The lowest BCUT2D eigenvalue weighted by atomic mass is 10.0. The Balaban J connectivity index is 1.43. The third-order valence-electron chi connectivity index (χ3n) is 6.15. The molecule has 5 rings (SSSR count). The van der Waals surface area contributed by atoms with Crippen molar-refractivity contribution in [2.75, 3.05) is 13.7 Å². The van der Waals surface area contributed by atoms with Crippen molar-refractivity contribution in [3.8, 4) is 22.6 Å². The minimum absolute atomic E-state index is 0.189. The van der Waals surface area contributed by atoms with Crippen LogP contribution in [0.25, 0.3) is 27.8 Å². The fourth-order valence-electron chi connectivity index (χ4n) is 4.42. The Morgan fingerprint density at radius 1 is 1.08 bits per heavy atom. The molecule has 8 heteroatoms. The van der Waals surface area contributed by atoms with Gasteiger partial charge in [0.2, 0.25) is 0 Å². The molecule has 0 unspecified atom stereocenters. The van der Waals surface area contributed by atoms with E-state index in [4.69, 9.17) is 25.5 Å². The van der Waals surface area contributed by atoms with Gasteiger partial charge in [-0.2, -0.15) is 0 Å². The summed E-state index contributed by atoms with van der Waals surface area (Å²) in [5.41, 5.74) is 3.09. The van der Waals surface area contributed by atoms with Crippen LogP contribution in [0.5, 0.6) is 5.75 Å². The monoisotopic (exact) mass is 506 g/mol. The molecule has 36 heavy (non-hydrogen) atoms. The van der Waals surface area contributed by atoms with Crippen LogP contribution in [-0.4, -0.2) is 34.8 Å². The molecular formula is C28H27ClN2O5. The maximum Gasteiger partial charge on any atom is 0.410 e. The quantitative estimate of drug-likeness (QED) is 0.330. The maximum absolute atomic E-state index is 13.0. The molecule has 1 aliphatic heterocycles. The molecule has 0 N–H and O–H groups in total. The van der Waals surface area contributed by atoms with E-state index in [1.54, 1.807) is 34.9 Å². The van der Waals surface area contributed by atoms with Gasteiger partial charge in [0.15, 0.2) is 0 Å². The highest BCUT2D eigenvalue weighted by molar-refractivity contribution is 6.33. The maximum atomic E-state index is 13.0. The molecule has 7 nitrogen and oxygen atoms in total. The first-order chi connectivity index (χ1) is 17.1. The topological polar surface area (TPSA) is 73.9 Å². The fraction of sp³-hybridized carbons (Fsp3) is 0.286. The summed E-state index contributed by atoms with van der Waals surface area (Å²) in [6, 6.07) is 14.4. The molecule has 0 aliphatic carbocycles. The first kappa shape index (κ1) is 24.0. The molecule has 0 bridgehead atoms. The zero-order valence-corrected chi connectivity index (χ0v) is 21.4. The van der Waals surface area contributed by atoms with E-state index in [1.807, 2.05) is 57.2 Å². The highest BCUT2D eigenvalue weighted by Crippen LogP contribution is 2.33. The van der Waals surface area contributed by atoms with Crippen LogP contribution in [0.1, 0.15) is 32.1 Å². The Hall–Kier alpha value is -3.71. The molecule has 1 aliphatic rings. The van der Waals surface area contributed by atoms with E-state index in [0.29, 0.717) is 41.6 Å². The van der Waals surface area contributed by atoms with Crippen molar-refractivity contribution < 1.29 is 18.7 Å². The zero-order chi connectivity index (χ0) is 25.6. The fourth-order valence-corrected chi connectivity index (χ4v) is 4.70. The number of carbonyl (C=O) groups excluding carboxylic acids is 1. The first-order valence-corrected chi connectivity index (χ1v) is 12.1. The Morgan fingerprint density at radius 2 is 1.89 bits per heavy atom. The molecule has 0 saturated heterocycles. The largest absolute Gasteiger partial charge is 0.497 e. The molecule has 4 aromatic rings. The molecule has 0 spiro atoms. The number of ether oxygens (including phenoxy) is 2. The second kappa shape index (κ2) is 9.06. The number of pyridine rings is 1. The van der Waals surface area contributed by atoms with Gasteiger partial charge in [0, 0.05) is 47.8 Å². The van der Waals surface area contributed by atoms with Gasteiger partial charge in [-0.3, -0.25) is 9.36 Å². The standard InChI is InChI=1S/C28H27ClN2O5/c1-28(2,3)36-27(33)30-11-10-24-22(16-30)21-7-5-18(14-25(21)35-24)31-12-9-17(13-26(31)32)20-8-6-19(34-4)15-23(20)29/h5-9,12-15H,10-11,16H2,1-4H3. The van der Waals surface area contributed by atoms with E-state index < -0.39 is 5.60 Å². The third-order valence-corrected chi connectivity index (χ3v) is 6.47. The number of amides is 1. The summed E-state index contributed by atoms with van der Waals surface area (Å²) in [5, 5.41) is 1.44. The number of rotatable bonds is 3. The van der Waals surface area contributed by atoms with Gasteiger partial charge in [-0.1, -0.05) is 11.6 Å². The third kappa shape index (κ3) is 4.58. The van der Waals surface area contributed by atoms with Crippen LogP contribution in [0.2, 0.25) is 5.02 Å². The average molecular weight is 507 g/mol. The molecule has 1 amide bonds. The number of furan rings is 1. The van der Waals surface area contributed by atoms with Gasteiger partial charge in [0.1, 0.15) is 22.7 Å². The summed E-state index contributed by atoms with van der Waals surface area (Å²) >= 11 is 6.39. The van der Waals surface area contributed by atoms with Gasteiger partial charge in [-0.05, 0) is 62.7 Å². The number of aromatic nitrogens is 1. The lowest BCUT2D eigenvalue weighted by Crippen LogP contribution is -2.39. The number of hydrogen-bond donors (Lipinski definition) is 0. The number of methoxy groups -OCH3 is 1. The van der Waals surface area contributed by atoms with Crippen LogP contribution in [-0.2, 0) is 17.7 Å². The lowest BCUT2D eigenvalue weighted by Gasteiger charge is -2.29. The Bertz CT molecular complexity index is 1530. The van der Waals surface area contributed by atoms with Crippen molar-refractivity contribution >= 4 is 28.7 Å². The Morgan fingerprint density at radius 3 is 2.58 bits per heavy atom. The average Bonchev–Trinajstić information content (AvgIpc) is 3.19. The highest BCUT2D eigenvalue weighted by atomic mass is 35.5. The van der Waals surface area contributed by atoms with E-state index in [0.717, 1.165) is 27.8 Å². The van der Waals surface area contributed by atoms with Gasteiger partial charge >= 0.3 is 6.09 Å². The van der Waals surface area contributed by atoms with E-state index in [2.05, 4.69) is 0 Å². The van der Waals surface area contributed by atoms with Crippen LogP contribution in [0, 0.1) is 0 Å². The summed E-state index contributed by atoms with van der Waals surface area (Å²) in [7, 11) is 1.58. The lowest BCUT2D eigenvalue weighted by molar-refractivity contribution is 0.0220. The smallest absolute Gasteiger partial charge is 0.410 e. The minimum Gasteiger partial charge on any atom is -0.497 e. The van der Waals surface area contributed by atoms with E-state index in [1.165, 1.54) is 0 Å². The minimum atomic E-state index is -0.549. The Labute approximate surface area is 213 Å². The number of carbonyl (C=O) groups is 1. The second-order valence-electron chi connectivity index (χ2n) is 9.81. The predicted molar refractivity (Wildman–Crippen MR) is 139 cm³/mol. The van der Waals surface area contributed by atoms with Crippen molar-refractivity contribution in [1.29, 1.82) is 0 Å². The molecular weight excluding hydrogens is 480 g/mol. The number of halogens is 1. The number of benzene rings is 2. The summed E-state index contributed by atoms with van der Waals surface area (Å²) in [5.74, 6) is 1.51. The normalized spacial score (nSPS) is 13.5. The van der Waals surface area contributed by atoms with Gasteiger partial charge in [-0.15, -0.1) is 0 Å². The predicted octanol–water partition coefficient (Wildman–Crippen LogP) is 6.21. The van der Waals surface area contributed by atoms with Crippen LogP contribution >= 0.6 is 11.6 Å². The summed E-state index contributed by atoms with van der Waals surface area (Å²) in [4.78, 5) is 27.3. The molecule has 0 fully saturated rings. The summed E-state index contributed by atoms with van der Waals surface area (Å²) < 4.78 is 18.4. The SMILES string of the molecule is COc1ccc(-c2ccn(-c3ccc4c5c(oc4c3)CCN(C(=O)OC(C)(C)C)C5)c(=O)c2)c(Cl)c1. The van der Waals surface area contributed by atoms with Crippen molar-refractivity contribution in [1.82, 2.24) is 9.47 Å². The molecule has 186 valence electrons. The number of hydrogen-bond acceptors (Lipinski definition) is 5. The molecule has 2 aromatic carbocycles. The Kier molecular flexibility index (Phi) is 6.04.